The van der Waals surface area contributed by atoms with Gasteiger partial charge in [0.1, 0.15) is 23.0 Å². The van der Waals surface area contributed by atoms with Crippen molar-refractivity contribution in [1.82, 2.24) is 5.32 Å². The van der Waals surface area contributed by atoms with E-state index in [2.05, 4.69) is 5.32 Å². The van der Waals surface area contributed by atoms with E-state index in [1.54, 1.807) is 47.6 Å². The van der Waals surface area contributed by atoms with Crippen LogP contribution in [0.2, 0.25) is 0 Å². The summed E-state index contributed by atoms with van der Waals surface area (Å²) in [7, 11) is 0. The molecular formula is C23H35NO6. The number of carbonyl (C=O) groups is 3. The van der Waals surface area contributed by atoms with Crippen LogP contribution in [0.25, 0.3) is 0 Å². The molecule has 0 aliphatic carbocycles. The van der Waals surface area contributed by atoms with Gasteiger partial charge in [0.2, 0.25) is 0 Å². The predicted octanol–water partition coefficient (Wildman–Crippen LogP) is 4.53. The first-order valence-corrected chi connectivity index (χ1v) is 10.1. The van der Waals surface area contributed by atoms with Crippen molar-refractivity contribution >= 4 is 18.0 Å². The fourth-order valence-electron chi connectivity index (χ4n) is 2.59. The van der Waals surface area contributed by atoms with Crippen LogP contribution < -0.4 is 10.1 Å². The van der Waals surface area contributed by atoms with Crippen molar-refractivity contribution in [3.05, 3.63) is 28.8 Å². The number of benzene rings is 1. The lowest BCUT2D eigenvalue weighted by molar-refractivity contribution is -0.158. The summed E-state index contributed by atoms with van der Waals surface area (Å²) in [6.45, 7) is 16.2. The Morgan fingerprint density at radius 3 is 2.00 bits per heavy atom. The van der Waals surface area contributed by atoms with Gasteiger partial charge in [0.05, 0.1) is 0 Å². The molecule has 0 aliphatic rings. The van der Waals surface area contributed by atoms with Crippen LogP contribution in [0, 0.1) is 20.8 Å². The molecule has 0 saturated heterocycles. The third kappa shape index (κ3) is 8.84. The van der Waals surface area contributed by atoms with Crippen molar-refractivity contribution in [2.75, 3.05) is 0 Å². The lowest BCUT2D eigenvalue weighted by atomic mass is 10.0. The molecule has 0 radical (unpaired) electrons. The van der Waals surface area contributed by atoms with Gasteiger partial charge in [-0.3, -0.25) is 4.79 Å². The van der Waals surface area contributed by atoms with Crippen LogP contribution in [0.15, 0.2) is 12.1 Å². The predicted molar refractivity (Wildman–Crippen MR) is 115 cm³/mol. The Bertz CT molecular complexity index is 786. The van der Waals surface area contributed by atoms with Gasteiger partial charge in [-0.25, -0.2) is 9.59 Å². The molecule has 0 aromatic heterocycles. The van der Waals surface area contributed by atoms with E-state index in [-0.39, 0.29) is 12.8 Å². The van der Waals surface area contributed by atoms with Crippen molar-refractivity contribution in [2.45, 2.75) is 92.4 Å². The number of nitrogens with one attached hydrogen (secondary N) is 1. The van der Waals surface area contributed by atoms with Crippen molar-refractivity contribution in [3.8, 4) is 5.75 Å². The molecule has 1 rings (SSSR count). The number of rotatable bonds is 6. The summed E-state index contributed by atoms with van der Waals surface area (Å²) in [6.07, 6.45) is -0.809. The van der Waals surface area contributed by atoms with Gasteiger partial charge in [-0.05, 0) is 91.5 Å². The van der Waals surface area contributed by atoms with Gasteiger partial charge in [0.15, 0.2) is 0 Å². The molecule has 1 unspecified atom stereocenters. The average molecular weight is 422 g/mol. The highest BCUT2D eigenvalue weighted by atomic mass is 16.6. The summed E-state index contributed by atoms with van der Waals surface area (Å²) >= 11 is 0. The SMILES string of the molecule is Cc1ccc(OC(=O)NC(CCC(=O)OC(C)(C)C)C(=O)OC(C)(C)C)c(C)c1C. The molecule has 0 heterocycles. The maximum Gasteiger partial charge on any atom is 0.413 e. The Balaban J connectivity index is 2.88. The number of amides is 1. The first kappa shape index (κ1) is 25.5. The Morgan fingerprint density at radius 2 is 1.47 bits per heavy atom. The quantitative estimate of drug-likeness (QED) is 0.679. The normalized spacial score (nSPS) is 12.7. The topological polar surface area (TPSA) is 90.9 Å². The average Bonchev–Trinajstić information content (AvgIpc) is 2.56. The van der Waals surface area contributed by atoms with Crippen LogP contribution in [0.1, 0.15) is 71.1 Å². The first-order valence-electron chi connectivity index (χ1n) is 10.1. The zero-order valence-corrected chi connectivity index (χ0v) is 19.6. The summed E-state index contributed by atoms with van der Waals surface area (Å²) in [5, 5.41) is 2.52. The van der Waals surface area contributed by atoms with Crippen LogP contribution in [-0.2, 0) is 19.1 Å². The molecule has 0 aliphatic heterocycles. The number of carbonyl (C=O) groups excluding carboxylic acids is 3. The minimum Gasteiger partial charge on any atom is -0.460 e. The van der Waals surface area contributed by atoms with Crippen molar-refractivity contribution in [1.29, 1.82) is 0 Å². The molecule has 168 valence electrons. The molecule has 0 fully saturated rings. The smallest absolute Gasteiger partial charge is 0.413 e. The van der Waals surface area contributed by atoms with Gasteiger partial charge >= 0.3 is 18.0 Å². The largest absolute Gasteiger partial charge is 0.460 e. The molecule has 1 amide bonds. The van der Waals surface area contributed by atoms with Crippen LogP contribution in [0.3, 0.4) is 0 Å². The minimum absolute atomic E-state index is 0.0326. The molecule has 7 heteroatoms. The molecule has 1 atom stereocenters. The number of hydrogen-bond donors (Lipinski definition) is 1. The number of ether oxygens (including phenoxy) is 3. The van der Waals surface area contributed by atoms with E-state index in [1.807, 2.05) is 26.8 Å². The van der Waals surface area contributed by atoms with Crippen LogP contribution in [-0.4, -0.2) is 35.3 Å². The first-order chi connectivity index (χ1) is 13.6. The second-order valence-electron chi connectivity index (χ2n) is 9.38. The number of esters is 2. The third-order valence-electron chi connectivity index (χ3n) is 4.25. The van der Waals surface area contributed by atoms with Gasteiger partial charge < -0.3 is 19.5 Å². The monoisotopic (exact) mass is 421 g/mol. The molecule has 30 heavy (non-hydrogen) atoms. The summed E-state index contributed by atoms with van der Waals surface area (Å²) in [6, 6.07) is 2.52. The third-order valence-corrected chi connectivity index (χ3v) is 4.25. The molecular weight excluding hydrogens is 386 g/mol. The number of aryl methyl sites for hydroxylation is 1. The lowest BCUT2D eigenvalue weighted by Crippen LogP contribution is -2.45. The van der Waals surface area contributed by atoms with Gasteiger partial charge in [-0.15, -0.1) is 0 Å². The summed E-state index contributed by atoms with van der Waals surface area (Å²) in [5.74, 6) is -0.693. The fraction of sp³-hybridized carbons (Fsp3) is 0.609. The maximum atomic E-state index is 12.6. The van der Waals surface area contributed by atoms with Crippen molar-refractivity contribution < 1.29 is 28.6 Å². The van der Waals surface area contributed by atoms with E-state index >= 15 is 0 Å². The van der Waals surface area contributed by atoms with E-state index in [0.29, 0.717) is 5.75 Å². The van der Waals surface area contributed by atoms with Crippen molar-refractivity contribution in [2.24, 2.45) is 0 Å². The van der Waals surface area contributed by atoms with Crippen LogP contribution >= 0.6 is 0 Å². The van der Waals surface area contributed by atoms with Crippen LogP contribution in [0.5, 0.6) is 5.75 Å². The second kappa shape index (κ2) is 9.96. The molecule has 1 aromatic rings. The van der Waals surface area contributed by atoms with E-state index in [4.69, 9.17) is 14.2 Å². The second-order valence-corrected chi connectivity index (χ2v) is 9.38. The lowest BCUT2D eigenvalue weighted by Gasteiger charge is -2.25. The number of hydrogen-bond acceptors (Lipinski definition) is 6. The minimum atomic E-state index is -1.05. The van der Waals surface area contributed by atoms with Crippen molar-refractivity contribution in [3.63, 3.8) is 0 Å². The van der Waals surface area contributed by atoms with E-state index in [9.17, 15) is 14.4 Å². The Labute approximate surface area is 179 Å². The summed E-state index contributed by atoms with van der Waals surface area (Å²) in [5.41, 5.74) is 1.58. The molecule has 0 saturated carbocycles. The van der Waals surface area contributed by atoms with E-state index < -0.39 is 35.3 Å². The zero-order valence-electron chi connectivity index (χ0n) is 19.6. The van der Waals surface area contributed by atoms with Gasteiger partial charge in [-0.2, -0.15) is 0 Å². The molecule has 7 nitrogen and oxygen atoms in total. The van der Waals surface area contributed by atoms with Gasteiger partial charge in [0.25, 0.3) is 0 Å². The molecule has 0 spiro atoms. The standard InChI is InChI=1S/C23H35NO6/c1-14-10-12-18(16(3)15(14)2)28-21(27)24-17(20(26)30-23(7,8)9)11-13-19(25)29-22(4,5)6/h10,12,17H,11,13H2,1-9H3,(H,24,27). The van der Waals surface area contributed by atoms with Gasteiger partial charge in [0, 0.05) is 6.42 Å². The Morgan fingerprint density at radius 1 is 0.900 bits per heavy atom. The Hall–Kier alpha value is -2.57. The highest BCUT2D eigenvalue weighted by molar-refractivity contribution is 5.83. The zero-order chi connectivity index (χ0) is 23.3. The van der Waals surface area contributed by atoms with Crippen LogP contribution in [0.4, 0.5) is 4.79 Å². The van der Waals surface area contributed by atoms with Gasteiger partial charge in [-0.1, -0.05) is 6.07 Å². The molecule has 1 N–H and O–H groups in total. The Kier molecular flexibility index (Phi) is 8.45. The molecule has 0 bridgehead atoms. The highest BCUT2D eigenvalue weighted by Gasteiger charge is 2.29. The fourth-order valence-corrected chi connectivity index (χ4v) is 2.59. The molecule has 1 aromatic carbocycles. The highest BCUT2D eigenvalue weighted by Crippen LogP contribution is 2.24. The van der Waals surface area contributed by atoms with E-state index in [0.717, 1.165) is 16.7 Å². The van der Waals surface area contributed by atoms with E-state index in [1.165, 1.54) is 0 Å². The summed E-state index contributed by atoms with van der Waals surface area (Å²) in [4.78, 5) is 37.1. The maximum absolute atomic E-state index is 12.6. The summed E-state index contributed by atoms with van der Waals surface area (Å²) < 4.78 is 16.1.